The summed E-state index contributed by atoms with van der Waals surface area (Å²) in [6.07, 6.45) is 2.03. The fourth-order valence-electron chi connectivity index (χ4n) is 2.95. The first kappa shape index (κ1) is 15.5. The third-order valence-electron chi connectivity index (χ3n) is 4.17. The molecule has 1 atom stereocenters. The summed E-state index contributed by atoms with van der Waals surface area (Å²) in [5.74, 6) is -0.0707. The van der Waals surface area contributed by atoms with E-state index < -0.39 is 0 Å². The molecule has 0 bridgehead atoms. The minimum absolute atomic E-state index is 0.0707. The van der Waals surface area contributed by atoms with Crippen LogP contribution in [0.5, 0.6) is 0 Å². The van der Waals surface area contributed by atoms with Gasteiger partial charge in [0.05, 0.1) is 15.9 Å². The molecule has 1 amide bonds. The minimum atomic E-state index is -0.0707. The van der Waals surface area contributed by atoms with E-state index in [-0.39, 0.29) is 11.9 Å². The third-order valence-corrected chi connectivity index (χ3v) is 6.09. The molecule has 0 radical (unpaired) electrons. The van der Waals surface area contributed by atoms with Crippen LogP contribution in [0.15, 0.2) is 24.3 Å². The van der Waals surface area contributed by atoms with E-state index in [4.69, 9.17) is 4.98 Å². The number of aryl methyl sites for hydroxylation is 1. The first-order valence-electron chi connectivity index (χ1n) is 7.91. The Morgan fingerprint density at radius 2 is 2.25 bits per heavy atom. The molecule has 8 heteroatoms. The van der Waals surface area contributed by atoms with Crippen LogP contribution in [0, 0.1) is 6.92 Å². The third kappa shape index (κ3) is 2.99. The first-order valence-corrected chi connectivity index (χ1v) is 9.50. The summed E-state index contributed by atoms with van der Waals surface area (Å²) in [5, 5.41) is 8.06. The van der Waals surface area contributed by atoms with Crippen molar-refractivity contribution >= 4 is 44.1 Å². The number of piperidine rings is 1. The number of para-hydroxylation sites is 1. The minimum Gasteiger partial charge on any atom is -0.347 e. The molecule has 1 unspecified atom stereocenters. The molecule has 1 N–H and O–H groups in total. The van der Waals surface area contributed by atoms with Gasteiger partial charge in [0.1, 0.15) is 4.88 Å². The van der Waals surface area contributed by atoms with Gasteiger partial charge in [-0.2, -0.15) is 0 Å². The Morgan fingerprint density at radius 3 is 3.04 bits per heavy atom. The largest absolute Gasteiger partial charge is 0.347 e. The fraction of sp³-hybridized carbons (Fsp3) is 0.375. The standard InChI is InChI=1S/C16H17N5OS2/c1-10-14(24-20-19-10)15(22)17-11-5-4-8-21(9-11)16-18-12-6-2-3-7-13(12)23-16/h2-3,6-7,11H,4-5,8-9H2,1H3,(H,17,22). The van der Waals surface area contributed by atoms with Gasteiger partial charge in [0.15, 0.2) is 5.13 Å². The Kier molecular flexibility index (Phi) is 4.15. The van der Waals surface area contributed by atoms with Crippen molar-refractivity contribution in [3.05, 3.63) is 34.8 Å². The van der Waals surface area contributed by atoms with E-state index in [0.717, 1.165) is 48.1 Å². The number of nitrogens with one attached hydrogen (secondary N) is 1. The second-order valence-corrected chi connectivity index (χ2v) is 7.67. The molecule has 3 aromatic rings. The van der Waals surface area contributed by atoms with E-state index in [1.807, 2.05) is 25.1 Å². The lowest BCUT2D eigenvalue weighted by Gasteiger charge is -2.32. The molecule has 1 fully saturated rings. The number of benzene rings is 1. The highest BCUT2D eigenvalue weighted by molar-refractivity contribution is 7.22. The Bertz CT molecular complexity index is 841. The Morgan fingerprint density at radius 1 is 1.38 bits per heavy atom. The molecule has 0 spiro atoms. The maximum Gasteiger partial charge on any atom is 0.265 e. The molecule has 0 saturated carbocycles. The van der Waals surface area contributed by atoms with Crippen LogP contribution in [0.1, 0.15) is 28.2 Å². The maximum absolute atomic E-state index is 12.4. The summed E-state index contributed by atoms with van der Waals surface area (Å²) in [4.78, 5) is 20.0. The molecule has 1 aliphatic heterocycles. The number of thiazole rings is 1. The van der Waals surface area contributed by atoms with Gasteiger partial charge in [0, 0.05) is 19.1 Å². The molecule has 3 heterocycles. The average molecular weight is 359 g/mol. The van der Waals surface area contributed by atoms with E-state index in [0.29, 0.717) is 10.6 Å². The predicted molar refractivity (Wildman–Crippen MR) is 97.0 cm³/mol. The quantitative estimate of drug-likeness (QED) is 0.779. The normalized spacial score (nSPS) is 18.0. The lowest BCUT2D eigenvalue weighted by atomic mass is 10.1. The highest BCUT2D eigenvalue weighted by atomic mass is 32.1. The number of amides is 1. The Hall–Kier alpha value is -2.06. The number of hydrogen-bond donors (Lipinski definition) is 1. The van der Waals surface area contributed by atoms with Gasteiger partial charge in [0.25, 0.3) is 5.91 Å². The van der Waals surface area contributed by atoms with E-state index >= 15 is 0 Å². The zero-order chi connectivity index (χ0) is 16.5. The average Bonchev–Trinajstić information content (AvgIpc) is 3.21. The van der Waals surface area contributed by atoms with Gasteiger partial charge < -0.3 is 10.2 Å². The van der Waals surface area contributed by atoms with Crippen LogP contribution in [0.4, 0.5) is 5.13 Å². The second kappa shape index (κ2) is 6.45. The number of hydrogen-bond acceptors (Lipinski definition) is 7. The lowest BCUT2D eigenvalue weighted by molar-refractivity contribution is 0.0936. The summed E-state index contributed by atoms with van der Waals surface area (Å²) in [7, 11) is 0. The van der Waals surface area contributed by atoms with Gasteiger partial charge in [-0.25, -0.2) is 4.98 Å². The van der Waals surface area contributed by atoms with Crippen molar-refractivity contribution in [1.29, 1.82) is 0 Å². The van der Waals surface area contributed by atoms with Gasteiger partial charge in [-0.1, -0.05) is 28.0 Å². The number of rotatable bonds is 3. The summed E-state index contributed by atoms with van der Waals surface area (Å²) in [5.41, 5.74) is 1.73. The number of nitrogens with zero attached hydrogens (tertiary/aromatic N) is 4. The number of fused-ring (bicyclic) bond motifs is 1. The van der Waals surface area contributed by atoms with Gasteiger partial charge in [0.2, 0.25) is 0 Å². The van der Waals surface area contributed by atoms with Crippen molar-refractivity contribution in [2.24, 2.45) is 0 Å². The summed E-state index contributed by atoms with van der Waals surface area (Å²) in [6.45, 7) is 3.58. The van der Waals surface area contributed by atoms with Crippen molar-refractivity contribution in [2.45, 2.75) is 25.8 Å². The van der Waals surface area contributed by atoms with Crippen LogP contribution >= 0.6 is 22.9 Å². The highest BCUT2D eigenvalue weighted by Gasteiger charge is 2.25. The maximum atomic E-state index is 12.4. The number of anilines is 1. The number of carbonyl (C=O) groups excluding carboxylic acids is 1. The van der Waals surface area contributed by atoms with Crippen molar-refractivity contribution in [2.75, 3.05) is 18.0 Å². The number of aromatic nitrogens is 3. The van der Waals surface area contributed by atoms with Crippen molar-refractivity contribution < 1.29 is 4.79 Å². The smallest absolute Gasteiger partial charge is 0.265 e. The Balaban J connectivity index is 1.47. The molecule has 1 saturated heterocycles. The van der Waals surface area contributed by atoms with Crippen LogP contribution < -0.4 is 10.2 Å². The summed E-state index contributed by atoms with van der Waals surface area (Å²) >= 11 is 2.86. The van der Waals surface area contributed by atoms with E-state index in [1.165, 1.54) is 4.70 Å². The summed E-state index contributed by atoms with van der Waals surface area (Å²) in [6, 6.07) is 8.31. The molecule has 0 aliphatic carbocycles. The Labute approximate surface area is 147 Å². The molecule has 124 valence electrons. The van der Waals surface area contributed by atoms with Gasteiger partial charge in [-0.15, -0.1) is 5.10 Å². The van der Waals surface area contributed by atoms with Crippen LogP contribution in [0.3, 0.4) is 0 Å². The molecule has 4 rings (SSSR count). The molecule has 1 aliphatic rings. The lowest BCUT2D eigenvalue weighted by Crippen LogP contribution is -2.47. The zero-order valence-electron chi connectivity index (χ0n) is 13.2. The fourth-order valence-corrected chi connectivity index (χ4v) is 4.51. The van der Waals surface area contributed by atoms with Crippen molar-refractivity contribution in [3.8, 4) is 0 Å². The SMILES string of the molecule is Cc1nnsc1C(=O)NC1CCCN(c2nc3ccccc3s2)C1. The van der Waals surface area contributed by atoms with E-state index in [9.17, 15) is 4.79 Å². The van der Waals surface area contributed by atoms with Crippen molar-refractivity contribution in [1.82, 2.24) is 19.9 Å². The molecule has 1 aromatic carbocycles. The predicted octanol–water partition coefficient (Wildman–Crippen LogP) is 2.86. The van der Waals surface area contributed by atoms with Gasteiger partial charge in [-0.3, -0.25) is 4.79 Å². The number of carbonyl (C=O) groups is 1. The van der Waals surface area contributed by atoms with E-state index in [1.54, 1.807) is 11.3 Å². The summed E-state index contributed by atoms with van der Waals surface area (Å²) < 4.78 is 5.03. The monoisotopic (exact) mass is 359 g/mol. The van der Waals surface area contributed by atoms with E-state index in [2.05, 4.69) is 25.9 Å². The molecule has 6 nitrogen and oxygen atoms in total. The van der Waals surface area contributed by atoms with Crippen molar-refractivity contribution in [3.63, 3.8) is 0 Å². The second-order valence-electron chi connectivity index (χ2n) is 5.91. The van der Waals surface area contributed by atoms with Crippen LogP contribution in [-0.2, 0) is 0 Å². The molecular formula is C16H17N5OS2. The topological polar surface area (TPSA) is 71.0 Å². The van der Waals surface area contributed by atoms with Crippen LogP contribution in [0.2, 0.25) is 0 Å². The van der Waals surface area contributed by atoms with Gasteiger partial charge in [-0.05, 0) is 43.4 Å². The van der Waals surface area contributed by atoms with Gasteiger partial charge >= 0.3 is 0 Å². The zero-order valence-corrected chi connectivity index (χ0v) is 14.9. The molecular weight excluding hydrogens is 342 g/mol. The first-order chi connectivity index (χ1) is 11.7. The highest BCUT2D eigenvalue weighted by Crippen LogP contribution is 2.30. The van der Waals surface area contributed by atoms with Crippen LogP contribution in [0.25, 0.3) is 10.2 Å². The molecule has 24 heavy (non-hydrogen) atoms. The molecule has 2 aromatic heterocycles. The van der Waals surface area contributed by atoms with Crippen LogP contribution in [-0.4, -0.2) is 39.6 Å².